The highest BCUT2D eigenvalue weighted by Crippen LogP contribution is 2.29. The van der Waals surface area contributed by atoms with Crippen molar-refractivity contribution in [1.82, 2.24) is 0 Å². The van der Waals surface area contributed by atoms with Crippen molar-refractivity contribution in [1.29, 1.82) is 5.26 Å². The summed E-state index contributed by atoms with van der Waals surface area (Å²) in [6.45, 7) is 2.09. The molecule has 2 aromatic rings. The number of nitrogens with zero attached hydrogens (tertiary/aromatic N) is 1. The van der Waals surface area contributed by atoms with Crippen LogP contribution in [0.5, 0.6) is 0 Å². The first-order chi connectivity index (χ1) is 9.63. The van der Waals surface area contributed by atoms with Crippen molar-refractivity contribution < 1.29 is 0 Å². The minimum Gasteiger partial charge on any atom is -0.377 e. The Hall–Kier alpha value is -1.69. The lowest BCUT2D eigenvalue weighted by Gasteiger charge is -2.20. The van der Waals surface area contributed by atoms with Crippen LogP contribution in [0.1, 0.15) is 30.5 Å². The van der Waals surface area contributed by atoms with Gasteiger partial charge in [0, 0.05) is 5.02 Å². The Morgan fingerprint density at radius 3 is 2.45 bits per heavy atom. The first-order valence-corrected chi connectivity index (χ1v) is 7.11. The second kappa shape index (κ2) is 6.65. The average Bonchev–Trinajstić information content (AvgIpc) is 2.47. The van der Waals surface area contributed by atoms with E-state index in [-0.39, 0.29) is 6.04 Å². The van der Waals surface area contributed by atoms with Gasteiger partial charge in [0.1, 0.15) is 0 Å². The summed E-state index contributed by atoms with van der Waals surface area (Å²) in [7, 11) is 0. The number of hydrogen-bond acceptors (Lipinski definition) is 2. The van der Waals surface area contributed by atoms with Crippen molar-refractivity contribution in [2.45, 2.75) is 19.4 Å². The molecule has 2 rings (SSSR count). The summed E-state index contributed by atoms with van der Waals surface area (Å²) >= 11 is 12.1. The lowest BCUT2D eigenvalue weighted by Crippen LogP contribution is -2.10. The monoisotopic (exact) mass is 304 g/mol. The van der Waals surface area contributed by atoms with Crippen LogP contribution < -0.4 is 5.32 Å². The second-order valence-electron chi connectivity index (χ2n) is 4.46. The summed E-state index contributed by atoms with van der Waals surface area (Å²) in [5.74, 6) is 0. The van der Waals surface area contributed by atoms with Crippen molar-refractivity contribution >= 4 is 28.9 Å². The van der Waals surface area contributed by atoms with Gasteiger partial charge in [-0.2, -0.15) is 5.26 Å². The topological polar surface area (TPSA) is 35.8 Å². The zero-order valence-corrected chi connectivity index (χ0v) is 12.5. The Morgan fingerprint density at radius 1 is 1.15 bits per heavy atom. The van der Waals surface area contributed by atoms with Gasteiger partial charge in [-0.1, -0.05) is 42.3 Å². The molecule has 0 fully saturated rings. The molecule has 0 heterocycles. The molecule has 2 aromatic carbocycles. The predicted octanol–water partition coefficient (Wildman–Crippen LogP) is 5.43. The normalized spacial score (nSPS) is 11.7. The van der Waals surface area contributed by atoms with Gasteiger partial charge in [-0.15, -0.1) is 0 Å². The van der Waals surface area contributed by atoms with Crippen LogP contribution in [0.15, 0.2) is 42.5 Å². The molecule has 0 bridgehead atoms. The van der Waals surface area contributed by atoms with Gasteiger partial charge in [0.2, 0.25) is 0 Å². The highest BCUT2D eigenvalue weighted by molar-refractivity contribution is 6.33. The molecule has 1 N–H and O–H groups in total. The van der Waals surface area contributed by atoms with E-state index in [0.29, 0.717) is 15.6 Å². The Labute approximate surface area is 128 Å². The predicted molar refractivity (Wildman–Crippen MR) is 84.3 cm³/mol. The molecule has 4 heteroatoms. The lowest BCUT2D eigenvalue weighted by atomic mass is 10.0. The van der Waals surface area contributed by atoms with Crippen LogP contribution in [-0.4, -0.2) is 0 Å². The second-order valence-corrected chi connectivity index (χ2v) is 5.31. The third kappa shape index (κ3) is 3.45. The van der Waals surface area contributed by atoms with Crippen LogP contribution in [0, 0.1) is 11.3 Å². The number of nitriles is 1. The van der Waals surface area contributed by atoms with Gasteiger partial charge in [-0.3, -0.25) is 0 Å². The van der Waals surface area contributed by atoms with Gasteiger partial charge in [0.05, 0.1) is 28.4 Å². The number of benzene rings is 2. The Bertz CT molecular complexity index is 630. The molecule has 0 saturated carbocycles. The fourth-order valence-electron chi connectivity index (χ4n) is 2.01. The molecule has 1 atom stereocenters. The number of halogens is 2. The third-order valence-corrected chi connectivity index (χ3v) is 3.69. The third-order valence-electron chi connectivity index (χ3n) is 3.11. The van der Waals surface area contributed by atoms with E-state index in [9.17, 15) is 0 Å². The van der Waals surface area contributed by atoms with Crippen LogP contribution in [0.2, 0.25) is 10.0 Å². The number of rotatable bonds is 4. The van der Waals surface area contributed by atoms with Gasteiger partial charge in [-0.05, 0) is 42.3 Å². The van der Waals surface area contributed by atoms with E-state index in [4.69, 9.17) is 28.5 Å². The Morgan fingerprint density at radius 2 is 1.85 bits per heavy atom. The van der Waals surface area contributed by atoms with Crippen LogP contribution in [0.3, 0.4) is 0 Å². The maximum atomic E-state index is 8.96. The standard InChI is InChI=1S/C16H14Cl2N2/c1-2-15(12-4-6-13(17)7-5-12)20-16-9-11(10-19)3-8-14(16)18/h3-9,15,20H,2H2,1H3. The molecule has 0 aliphatic rings. The number of nitrogens with one attached hydrogen (secondary N) is 1. The van der Waals surface area contributed by atoms with Crippen molar-refractivity contribution in [2.24, 2.45) is 0 Å². The summed E-state index contributed by atoms with van der Waals surface area (Å²) in [6.07, 6.45) is 0.898. The maximum absolute atomic E-state index is 8.96. The molecule has 0 radical (unpaired) electrons. The largest absolute Gasteiger partial charge is 0.377 e. The first kappa shape index (κ1) is 14.7. The number of hydrogen-bond donors (Lipinski definition) is 1. The van der Waals surface area contributed by atoms with Gasteiger partial charge in [0.25, 0.3) is 0 Å². The van der Waals surface area contributed by atoms with Crippen molar-refractivity contribution in [3.63, 3.8) is 0 Å². The molecule has 1 unspecified atom stereocenters. The van der Waals surface area contributed by atoms with E-state index in [2.05, 4.69) is 18.3 Å². The van der Waals surface area contributed by atoms with Gasteiger partial charge in [-0.25, -0.2) is 0 Å². The van der Waals surface area contributed by atoms with Crippen molar-refractivity contribution in [2.75, 3.05) is 5.32 Å². The van der Waals surface area contributed by atoms with E-state index in [1.165, 1.54) is 0 Å². The highest BCUT2D eigenvalue weighted by atomic mass is 35.5. The van der Waals surface area contributed by atoms with E-state index in [1.807, 2.05) is 24.3 Å². The van der Waals surface area contributed by atoms with Gasteiger partial charge < -0.3 is 5.32 Å². The van der Waals surface area contributed by atoms with Gasteiger partial charge >= 0.3 is 0 Å². The van der Waals surface area contributed by atoms with E-state index in [0.717, 1.165) is 17.7 Å². The Kier molecular flexibility index (Phi) is 4.89. The van der Waals surface area contributed by atoms with E-state index in [1.54, 1.807) is 18.2 Å². The lowest BCUT2D eigenvalue weighted by molar-refractivity contribution is 0.749. The fraction of sp³-hybridized carbons (Fsp3) is 0.188. The van der Waals surface area contributed by atoms with Crippen LogP contribution in [0.25, 0.3) is 0 Å². The van der Waals surface area contributed by atoms with Crippen molar-refractivity contribution in [3.05, 3.63) is 63.6 Å². The summed E-state index contributed by atoms with van der Waals surface area (Å²) in [4.78, 5) is 0. The Balaban J connectivity index is 2.26. The molecular formula is C16H14Cl2N2. The molecule has 20 heavy (non-hydrogen) atoms. The summed E-state index contributed by atoms with van der Waals surface area (Å²) in [5.41, 5.74) is 2.49. The van der Waals surface area contributed by atoms with Gasteiger partial charge in [0.15, 0.2) is 0 Å². The van der Waals surface area contributed by atoms with E-state index >= 15 is 0 Å². The molecule has 0 aromatic heterocycles. The summed E-state index contributed by atoms with van der Waals surface area (Å²) in [5, 5.41) is 13.7. The first-order valence-electron chi connectivity index (χ1n) is 6.35. The minimum absolute atomic E-state index is 0.124. The van der Waals surface area contributed by atoms with Crippen LogP contribution >= 0.6 is 23.2 Å². The van der Waals surface area contributed by atoms with Crippen LogP contribution in [-0.2, 0) is 0 Å². The minimum atomic E-state index is 0.124. The zero-order chi connectivity index (χ0) is 14.5. The van der Waals surface area contributed by atoms with Crippen molar-refractivity contribution in [3.8, 4) is 6.07 Å². The quantitative estimate of drug-likeness (QED) is 0.817. The highest BCUT2D eigenvalue weighted by Gasteiger charge is 2.11. The maximum Gasteiger partial charge on any atom is 0.0992 e. The summed E-state index contributed by atoms with van der Waals surface area (Å²) in [6, 6.07) is 15.2. The number of anilines is 1. The molecule has 0 saturated heterocycles. The summed E-state index contributed by atoms with van der Waals surface area (Å²) < 4.78 is 0. The molecule has 0 spiro atoms. The average molecular weight is 305 g/mol. The van der Waals surface area contributed by atoms with E-state index < -0.39 is 0 Å². The molecule has 0 amide bonds. The fourth-order valence-corrected chi connectivity index (χ4v) is 2.31. The SMILES string of the molecule is CCC(Nc1cc(C#N)ccc1Cl)c1ccc(Cl)cc1. The smallest absolute Gasteiger partial charge is 0.0992 e. The molecule has 0 aliphatic carbocycles. The molecular weight excluding hydrogens is 291 g/mol. The molecule has 102 valence electrons. The molecule has 2 nitrogen and oxygen atoms in total. The molecule has 0 aliphatic heterocycles. The zero-order valence-electron chi connectivity index (χ0n) is 11.0. The van der Waals surface area contributed by atoms with Crippen LogP contribution in [0.4, 0.5) is 5.69 Å².